The average Bonchev–Trinajstić information content (AvgIpc) is 3.23. The second kappa shape index (κ2) is 11.8. The minimum absolute atomic E-state index is 0.160. The summed E-state index contributed by atoms with van der Waals surface area (Å²) in [6.45, 7) is -0.262. The SMILES string of the molecule is COC(=O)COc1ccccc1/C=C1\N=C(c2ccccc2)N(NC(=S)Nc2ccc(OC)cc2)C1=O. The van der Waals surface area contributed by atoms with Crippen LogP contribution >= 0.6 is 12.2 Å². The van der Waals surface area contributed by atoms with E-state index in [1.54, 1.807) is 61.7 Å². The molecule has 3 aromatic carbocycles. The molecule has 10 heteroatoms. The largest absolute Gasteiger partial charge is 0.497 e. The predicted octanol–water partition coefficient (Wildman–Crippen LogP) is 3.78. The summed E-state index contributed by atoms with van der Waals surface area (Å²) in [6.07, 6.45) is 1.60. The first-order valence-corrected chi connectivity index (χ1v) is 11.6. The highest BCUT2D eigenvalue weighted by Crippen LogP contribution is 2.26. The number of ether oxygens (including phenoxy) is 3. The lowest BCUT2D eigenvalue weighted by Gasteiger charge is -2.21. The quantitative estimate of drug-likeness (QED) is 0.265. The summed E-state index contributed by atoms with van der Waals surface area (Å²) in [5.41, 5.74) is 5.11. The average molecular weight is 517 g/mol. The fourth-order valence-corrected chi connectivity index (χ4v) is 3.62. The number of anilines is 1. The molecule has 188 valence electrons. The minimum atomic E-state index is -0.517. The van der Waals surface area contributed by atoms with Gasteiger partial charge in [-0.15, -0.1) is 0 Å². The van der Waals surface area contributed by atoms with E-state index in [4.69, 9.17) is 21.7 Å². The molecule has 0 saturated carbocycles. The lowest BCUT2D eigenvalue weighted by Crippen LogP contribution is -2.48. The number of esters is 1. The van der Waals surface area contributed by atoms with Crippen LogP contribution in [-0.2, 0) is 14.3 Å². The highest BCUT2D eigenvalue weighted by Gasteiger charge is 2.32. The number of carbonyl (C=O) groups excluding carboxylic acids is 2. The van der Waals surface area contributed by atoms with Crippen LogP contribution in [0.1, 0.15) is 11.1 Å². The summed E-state index contributed by atoms with van der Waals surface area (Å²) in [6, 6.07) is 23.5. The van der Waals surface area contributed by atoms with Gasteiger partial charge in [-0.2, -0.15) is 5.01 Å². The Morgan fingerprint density at radius 2 is 1.70 bits per heavy atom. The number of hydrogen-bond donors (Lipinski definition) is 2. The molecular weight excluding hydrogens is 492 g/mol. The van der Waals surface area contributed by atoms with E-state index < -0.39 is 11.9 Å². The zero-order chi connectivity index (χ0) is 26.2. The number of carbonyl (C=O) groups is 2. The molecule has 3 aromatic rings. The van der Waals surface area contributed by atoms with Crippen molar-refractivity contribution in [3.05, 3.63) is 95.7 Å². The van der Waals surface area contributed by atoms with Crippen molar-refractivity contribution in [1.29, 1.82) is 0 Å². The number of thiocarbonyl (C=S) groups is 1. The van der Waals surface area contributed by atoms with Crippen LogP contribution in [0.3, 0.4) is 0 Å². The first kappa shape index (κ1) is 25.4. The summed E-state index contributed by atoms with van der Waals surface area (Å²) in [7, 11) is 2.87. The Balaban J connectivity index is 1.60. The lowest BCUT2D eigenvalue weighted by atomic mass is 10.1. The molecule has 0 bridgehead atoms. The number of hydrogen-bond acceptors (Lipinski definition) is 7. The Morgan fingerprint density at radius 1 is 1.00 bits per heavy atom. The van der Waals surface area contributed by atoms with Gasteiger partial charge in [0.2, 0.25) is 0 Å². The number of para-hydroxylation sites is 1. The van der Waals surface area contributed by atoms with Gasteiger partial charge in [0.05, 0.1) is 14.2 Å². The van der Waals surface area contributed by atoms with Crippen LogP contribution in [0.2, 0.25) is 0 Å². The predicted molar refractivity (Wildman–Crippen MR) is 144 cm³/mol. The van der Waals surface area contributed by atoms with E-state index >= 15 is 0 Å². The minimum Gasteiger partial charge on any atom is -0.497 e. The van der Waals surface area contributed by atoms with Crippen LogP contribution in [0.5, 0.6) is 11.5 Å². The topological polar surface area (TPSA) is 101 Å². The molecular formula is C27H24N4O5S. The molecule has 0 fully saturated rings. The van der Waals surface area contributed by atoms with Crippen LogP contribution in [0.4, 0.5) is 5.69 Å². The van der Waals surface area contributed by atoms with E-state index in [-0.39, 0.29) is 17.4 Å². The number of aliphatic imine (C=N–C) groups is 1. The molecule has 1 amide bonds. The summed E-state index contributed by atoms with van der Waals surface area (Å²) >= 11 is 5.46. The second-order valence-corrected chi connectivity index (χ2v) is 8.08. The maximum Gasteiger partial charge on any atom is 0.343 e. The fourth-order valence-electron chi connectivity index (χ4n) is 3.41. The number of hydrazine groups is 1. The van der Waals surface area contributed by atoms with Gasteiger partial charge >= 0.3 is 5.97 Å². The monoisotopic (exact) mass is 516 g/mol. The molecule has 0 unspecified atom stereocenters. The first-order valence-electron chi connectivity index (χ1n) is 11.2. The molecule has 37 heavy (non-hydrogen) atoms. The summed E-state index contributed by atoms with van der Waals surface area (Å²) < 4.78 is 15.4. The Labute approximate surface area is 219 Å². The van der Waals surface area contributed by atoms with Gasteiger partial charge in [-0.05, 0) is 48.6 Å². The van der Waals surface area contributed by atoms with Crippen molar-refractivity contribution in [3.63, 3.8) is 0 Å². The summed E-state index contributed by atoms with van der Waals surface area (Å²) in [5.74, 6) is 0.567. The number of amides is 1. The molecule has 0 atom stereocenters. The van der Waals surface area contributed by atoms with E-state index in [2.05, 4.69) is 20.5 Å². The van der Waals surface area contributed by atoms with Crippen molar-refractivity contribution in [3.8, 4) is 11.5 Å². The van der Waals surface area contributed by atoms with Gasteiger partial charge in [0.15, 0.2) is 17.6 Å². The van der Waals surface area contributed by atoms with Gasteiger partial charge in [0.1, 0.15) is 17.2 Å². The third-order valence-electron chi connectivity index (χ3n) is 5.24. The standard InChI is InChI=1S/C27H24N4O5S/c1-34-21-14-12-20(13-15-21)28-27(37)30-31-25(18-8-4-3-5-9-18)29-22(26(31)33)16-19-10-6-7-11-23(19)36-17-24(32)35-2/h3-16H,17H2,1-2H3,(H2,28,30,37)/b22-16-. The van der Waals surface area contributed by atoms with Gasteiger partial charge in [-0.1, -0.05) is 48.5 Å². The van der Waals surface area contributed by atoms with Crippen molar-refractivity contribution in [2.24, 2.45) is 4.99 Å². The molecule has 0 aromatic heterocycles. The molecule has 2 N–H and O–H groups in total. The Kier molecular flexibility index (Phi) is 8.11. The van der Waals surface area contributed by atoms with E-state index in [0.29, 0.717) is 28.5 Å². The summed E-state index contributed by atoms with van der Waals surface area (Å²) in [5, 5.41) is 4.54. The molecule has 4 rings (SSSR count). The zero-order valence-electron chi connectivity index (χ0n) is 20.1. The Bertz CT molecular complexity index is 1360. The first-order chi connectivity index (χ1) is 18.0. The van der Waals surface area contributed by atoms with Crippen molar-refractivity contribution in [1.82, 2.24) is 10.4 Å². The van der Waals surface area contributed by atoms with E-state index in [9.17, 15) is 9.59 Å². The second-order valence-electron chi connectivity index (χ2n) is 7.67. The van der Waals surface area contributed by atoms with E-state index in [0.717, 1.165) is 5.69 Å². The third kappa shape index (κ3) is 6.30. The number of nitrogens with one attached hydrogen (secondary N) is 2. The molecule has 0 radical (unpaired) electrons. The van der Waals surface area contributed by atoms with Crippen LogP contribution < -0.4 is 20.2 Å². The molecule has 1 heterocycles. The Hall–Kier alpha value is -4.70. The van der Waals surface area contributed by atoms with Crippen LogP contribution in [-0.4, -0.2) is 48.7 Å². The van der Waals surface area contributed by atoms with E-state index in [1.165, 1.54) is 12.1 Å². The van der Waals surface area contributed by atoms with Crippen molar-refractivity contribution in [2.75, 3.05) is 26.1 Å². The maximum atomic E-state index is 13.5. The highest BCUT2D eigenvalue weighted by atomic mass is 32.1. The highest BCUT2D eigenvalue weighted by molar-refractivity contribution is 7.80. The van der Waals surface area contributed by atoms with Crippen LogP contribution in [0, 0.1) is 0 Å². The smallest absolute Gasteiger partial charge is 0.343 e. The van der Waals surface area contributed by atoms with Gasteiger partial charge in [0.25, 0.3) is 5.91 Å². The van der Waals surface area contributed by atoms with Gasteiger partial charge in [-0.3, -0.25) is 10.2 Å². The normalized spacial score (nSPS) is 13.7. The van der Waals surface area contributed by atoms with Crippen LogP contribution in [0.25, 0.3) is 6.08 Å². The number of methoxy groups -OCH3 is 2. The number of benzene rings is 3. The Morgan fingerprint density at radius 3 is 2.41 bits per heavy atom. The number of nitrogens with zero attached hydrogens (tertiary/aromatic N) is 2. The van der Waals surface area contributed by atoms with Crippen LogP contribution in [0.15, 0.2) is 89.6 Å². The number of amidine groups is 1. The number of rotatable bonds is 8. The fraction of sp³-hybridized carbons (Fsp3) is 0.111. The summed E-state index contributed by atoms with van der Waals surface area (Å²) in [4.78, 5) is 29.6. The molecule has 1 aliphatic heterocycles. The lowest BCUT2D eigenvalue weighted by molar-refractivity contribution is -0.142. The molecule has 1 aliphatic rings. The van der Waals surface area contributed by atoms with Crippen molar-refractivity contribution < 1.29 is 23.8 Å². The van der Waals surface area contributed by atoms with Crippen molar-refractivity contribution in [2.45, 2.75) is 0 Å². The zero-order valence-corrected chi connectivity index (χ0v) is 21.0. The molecule has 0 spiro atoms. The van der Waals surface area contributed by atoms with Gasteiger partial charge in [-0.25, -0.2) is 9.79 Å². The van der Waals surface area contributed by atoms with Gasteiger partial charge in [0, 0.05) is 16.8 Å². The maximum absolute atomic E-state index is 13.5. The molecule has 9 nitrogen and oxygen atoms in total. The van der Waals surface area contributed by atoms with Crippen molar-refractivity contribution >= 4 is 46.8 Å². The van der Waals surface area contributed by atoms with E-state index in [1.807, 2.05) is 30.3 Å². The molecule has 0 aliphatic carbocycles. The third-order valence-corrected chi connectivity index (χ3v) is 5.43. The molecule has 0 saturated heterocycles. The van der Waals surface area contributed by atoms with Gasteiger partial charge < -0.3 is 19.5 Å².